The molecule has 1 fully saturated rings. The van der Waals surface area contributed by atoms with Crippen molar-refractivity contribution in [3.8, 4) is 0 Å². The van der Waals surface area contributed by atoms with Crippen molar-refractivity contribution in [2.24, 2.45) is 5.92 Å². The molecule has 5 heteroatoms. The highest BCUT2D eigenvalue weighted by Gasteiger charge is 2.32. The van der Waals surface area contributed by atoms with E-state index in [0.29, 0.717) is 38.5 Å². The van der Waals surface area contributed by atoms with Crippen LogP contribution in [0.1, 0.15) is 33.6 Å². The molecule has 18 heavy (non-hydrogen) atoms. The van der Waals surface area contributed by atoms with Gasteiger partial charge in [0.05, 0.1) is 6.61 Å². The molecule has 1 aliphatic heterocycles. The van der Waals surface area contributed by atoms with Crippen LogP contribution in [0.3, 0.4) is 0 Å². The number of likely N-dealkylation sites (tertiary alicyclic amines) is 1. The first kappa shape index (κ1) is 14.8. The van der Waals surface area contributed by atoms with Crippen LogP contribution in [-0.4, -0.2) is 42.1 Å². The Morgan fingerprint density at radius 3 is 2.39 bits per heavy atom. The van der Waals surface area contributed by atoms with E-state index in [0.717, 1.165) is 0 Å². The fourth-order valence-corrected chi connectivity index (χ4v) is 1.87. The Bertz CT molecular complexity index is 307. The highest BCUT2D eigenvalue weighted by Crippen LogP contribution is 2.21. The van der Waals surface area contributed by atoms with Crippen molar-refractivity contribution in [2.75, 3.05) is 19.7 Å². The first-order valence-corrected chi connectivity index (χ1v) is 6.38. The molecule has 1 radical (unpaired) electrons. The minimum atomic E-state index is -0.514. The van der Waals surface area contributed by atoms with Crippen molar-refractivity contribution >= 4 is 12.0 Å². The van der Waals surface area contributed by atoms with Gasteiger partial charge in [-0.2, -0.15) is 0 Å². The molecule has 1 aliphatic rings. The number of piperidine rings is 1. The molecule has 1 heterocycles. The summed E-state index contributed by atoms with van der Waals surface area (Å²) in [5.74, 6) is 0.385. The Morgan fingerprint density at radius 1 is 1.39 bits per heavy atom. The molecule has 0 spiro atoms. The van der Waals surface area contributed by atoms with E-state index in [2.05, 4.69) is 12.2 Å². The Kier molecular flexibility index (Phi) is 4.99. The monoisotopic (exact) mass is 255 g/mol. The van der Waals surface area contributed by atoms with Gasteiger partial charge >= 0.3 is 6.09 Å². The van der Waals surface area contributed by atoms with Gasteiger partial charge < -0.3 is 15.0 Å². The molecule has 0 aromatic heterocycles. The van der Waals surface area contributed by atoms with Gasteiger partial charge in [-0.15, -0.1) is 0 Å². The van der Waals surface area contributed by atoms with Crippen LogP contribution in [0.5, 0.6) is 0 Å². The maximum atomic E-state index is 11.6. The Morgan fingerprint density at radius 2 is 1.94 bits per heavy atom. The zero-order valence-electron chi connectivity index (χ0n) is 11.5. The van der Waals surface area contributed by atoms with Crippen molar-refractivity contribution in [3.63, 3.8) is 0 Å². The summed E-state index contributed by atoms with van der Waals surface area (Å²) in [6.07, 6.45) is 0.891. The topological polar surface area (TPSA) is 58.6 Å². The summed E-state index contributed by atoms with van der Waals surface area (Å²) in [6, 6.07) is 0. The zero-order chi connectivity index (χ0) is 13.8. The van der Waals surface area contributed by atoms with Gasteiger partial charge in [-0.25, -0.2) is 4.79 Å². The quantitative estimate of drug-likeness (QED) is 0.833. The van der Waals surface area contributed by atoms with Crippen LogP contribution in [0, 0.1) is 12.8 Å². The van der Waals surface area contributed by atoms with Crippen LogP contribution in [-0.2, 0) is 9.53 Å². The molecule has 5 nitrogen and oxygen atoms in total. The third-order valence-corrected chi connectivity index (χ3v) is 3.08. The van der Waals surface area contributed by atoms with Gasteiger partial charge in [0, 0.05) is 25.6 Å². The van der Waals surface area contributed by atoms with Gasteiger partial charge in [0.2, 0.25) is 5.91 Å². The van der Waals surface area contributed by atoms with E-state index in [1.165, 1.54) is 0 Å². The van der Waals surface area contributed by atoms with Gasteiger partial charge in [-0.3, -0.25) is 4.79 Å². The van der Waals surface area contributed by atoms with Crippen LogP contribution in [0.25, 0.3) is 0 Å². The number of carbonyl (C=O) groups excluding carboxylic acids is 2. The molecule has 1 rings (SSSR count). The lowest BCUT2D eigenvalue weighted by molar-refractivity contribution is -0.130. The summed E-state index contributed by atoms with van der Waals surface area (Å²) in [5.41, 5.74) is -0.514. The largest absolute Gasteiger partial charge is 0.449 e. The number of nitrogens with zero attached hydrogens (tertiary/aromatic N) is 1. The molecule has 0 saturated carbocycles. The standard InChI is InChI=1S/C13H23N2O3/c1-10(2)9-18-12(17)14-13(4)5-7-15(8-6-13)11(3)16/h10H,4-9H2,1-3H3,(H,14,17). The fraction of sp³-hybridized carbons (Fsp3) is 0.769. The average Bonchev–Trinajstić information content (AvgIpc) is 2.26. The molecule has 0 aliphatic carbocycles. The van der Waals surface area contributed by atoms with Crippen LogP contribution in [0.2, 0.25) is 0 Å². The lowest BCUT2D eigenvalue weighted by atomic mass is 9.90. The summed E-state index contributed by atoms with van der Waals surface area (Å²) in [6.45, 7) is 11.2. The zero-order valence-corrected chi connectivity index (χ0v) is 11.5. The molecule has 0 atom stereocenters. The number of carbonyl (C=O) groups is 2. The van der Waals surface area contributed by atoms with Crippen molar-refractivity contribution in [1.82, 2.24) is 10.2 Å². The molecule has 0 aromatic rings. The molecule has 103 valence electrons. The second-order valence-corrected chi connectivity index (χ2v) is 5.40. The summed E-state index contributed by atoms with van der Waals surface area (Å²) in [5, 5.41) is 2.80. The Labute approximate surface area is 109 Å². The van der Waals surface area contributed by atoms with E-state index in [1.54, 1.807) is 11.8 Å². The third-order valence-electron chi connectivity index (χ3n) is 3.08. The summed E-state index contributed by atoms with van der Waals surface area (Å²) >= 11 is 0. The van der Waals surface area contributed by atoms with Crippen molar-refractivity contribution in [3.05, 3.63) is 6.92 Å². The maximum Gasteiger partial charge on any atom is 0.407 e. The van der Waals surface area contributed by atoms with E-state index < -0.39 is 11.6 Å². The maximum absolute atomic E-state index is 11.6. The number of nitrogens with one attached hydrogen (secondary N) is 1. The van der Waals surface area contributed by atoms with Crippen molar-refractivity contribution in [1.29, 1.82) is 0 Å². The number of rotatable bonds is 3. The first-order valence-electron chi connectivity index (χ1n) is 6.38. The van der Waals surface area contributed by atoms with E-state index in [1.807, 2.05) is 13.8 Å². The van der Waals surface area contributed by atoms with E-state index in [-0.39, 0.29) is 5.91 Å². The van der Waals surface area contributed by atoms with Crippen LogP contribution < -0.4 is 5.32 Å². The summed E-state index contributed by atoms with van der Waals surface area (Å²) in [7, 11) is 0. The second kappa shape index (κ2) is 6.07. The highest BCUT2D eigenvalue weighted by molar-refractivity contribution is 5.73. The molecule has 0 bridgehead atoms. The molecular weight excluding hydrogens is 232 g/mol. The normalized spacial score (nSPS) is 18.6. The van der Waals surface area contributed by atoms with Crippen molar-refractivity contribution in [2.45, 2.75) is 39.2 Å². The smallest absolute Gasteiger partial charge is 0.407 e. The molecule has 1 N–H and O–H groups in total. The molecule has 0 aromatic carbocycles. The third kappa shape index (κ3) is 4.55. The highest BCUT2D eigenvalue weighted by atomic mass is 16.5. The number of amides is 2. The molecule has 2 amide bonds. The minimum absolute atomic E-state index is 0.0689. The summed E-state index contributed by atoms with van der Waals surface area (Å²) < 4.78 is 5.08. The van der Waals surface area contributed by atoms with E-state index >= 15 is 0 Å². The predicted octanol–water partition coefficient (Wildman–Crippen LogP) is 1.58. The second-order valence-electron chi connectivity index (χ2n) is 5.40. The van der Waals surface area contributed by atoms with Gasteiger partial charge in [-0.1, -0.05) is 13.8 Å². The number of hydrogen-bond donors (Lipinski definition) is 1. The first-order chi connectivity index (χ1) is 8.32. The lowest BCUT2D eigenvalue weighted by Crippen LogP contribution is -2.54. The minimum Gasteiger partial charge on any atom is -0.449 e. The van der Waals surface area contributed by atoms with Gasteiger partial charge in [0.1, 0.15) is 0 Å². The Hall–Kier alpha value is -1.26. The number of ether oxygens (including phenoxy) is 1. The lowest BCUT2D eigenvalue weighted by Gasteiger charge is -2.39. The Balaban J connectivity index is 2.38. The summed E-state index contributed by atoms with van der Waals surface area (Å²) in [4.78, 5) is 24.6. The SMILES string of the molecule is [CH2]C1(NC(=O)OCC(C)C)CCN(C(C)=O)CC1. The van der Waals surface area contributed by atoms with Crippen LogP contribution in [0.15, 0.2) is 0 Å². The van der Waals surface area contributed by atoms with Crippen molar-refractivity contribution < 1.29 is 14.3 Å². The number of alkyl carbamates (subject to hydrolysis) is 1. The predicted molar refractivity (Wildman–Crippen MR) is 68.9 cm³/mol. The number of hydrogen-bond acceptors (Lipinski definition) is 3. The van der Waals surface area contributed by atoms with Crippen LogP contribution >= 0.6 is 0 Å². The molecule has 1 saturated heterocycles. The fourth-order valence-electron chi connectivity index (χ4n) is 1.87. The average molecular weight is 255 g/mol. The van der Waals surface area contributed by atoms with E-state index in [9.17, 15) is 9.59 Å². The van der Waals surface area contributed by atoms with Gasteiger partial charge in [-0.05, 0) is 25.7 Å². The van der Waals surface area contributed by atoms with Gasteiger partial charge in [0.15, 0.2) is 0 Å². The van der Waals surface area contributed by atoms with Crippen LogP contribution in [0.4, 0.5) is 4.79 Å². The molecular formula is C13H23N2O3. The van der Waals surface area contributed by atoms with Gasteiger partial charge in [0.25, 0.3) is 0 Å². The molecule has 0 unspecified atom stereocenters. The van der Waals surface area contributed by atoms with E-state index in [4.69, 9.17) is 4.74 Å².